The fourth-order valence-corrected chi connectivity index (χ4v) is 1.66. The first-order valence-electron chi connectivity index (χ1n) is 6.08. The van der Waals surface area contributed by atoms with E-state index in [9.17, 15) is 4.79 Å². The van der Waals surface area contributed by atoms with Crippen LogP contribution in [0.25, 0.3) is 0 Å². The summed E-state index contributed by atoms with van der Waals surface area (Å²) in [6, 6.07) is 3.47. The SMILES string of the molecule is CC(C)C(CN(C)C)NC(=O)c1ncccc1N. The van der Waals surface area contributed by atoms with Crippen molar-refractivity contribution in [2.75, 3.05) is 26.4 Å². The van der Waals surface area contributed by atoms with E-state index >= 15 is 0 Å². The molecule has 0 aliphatic carbocycles. The lowest BCUT2D eigenvalue weighted by Crippen LogP contribution is -2.45. The lowest BCUT2D eigenvalue weighted by molar-refractivity contribution is 0.0912. The third-order valence-electron chi connectivity index (χ3n) is 2.74. The van der Waals surface area contributed by atoms with Crippen molar-refractivity contribution in [3.8, 4) is 0 Å². The minimum Gasteiger partial charge on any atom is -0.397 e. The normalized spacial score (nSPS) is 12.8. The van der Waals surface area contributed by atoms with Gasteiger partial charge in [0.05, 0.1) is 5.69 Å². The van der Waals surface area contributed by atoms with E-state index in [1.54, 1.807) is 18.3 Å². The molecular weight excluding hydrogens is 228 g/mol. The second-order valence-electron chi connectivity index (χ2n) is 5.03. The van der Waals surface area contributed by atoms with E-state index in [0.717, 1.165) is 6.54 Å². The van der Waals surface area contributed by atoms with Crippen molar-refractivity contribution < 1.29 is 4.79 Å². The van der Waals surface area contributed by atoms with E-state index in [1.807, 2.05) is 19.0 Å². The molecule has 100 valence electrons. The molecule has 1 heterocycles. The van der Waals surface area contributed by atoms with Crippen LogP contribution < -0.4 is 11.1 Å². The maximum Gasteiger partial charge on any atom is 0.272 e. The summed E-state index contributed by atoms with van der Waals surface area (Å²) >= 11 is 0. The summed E-state index contributed by atoms with van der Waals surface area (Å²) in [5.41, 5.74) is 6.44. The Kier molecular flexibility index (Phi) is 5.09. The van der Waals surface area contributed by atoms with Crippen LogP contribution in [0.15, 0.2) is 18.3 Å². The fraction of sp³-hybridized carbons (Fsp3) is 0.538. The van der Waals surface area contributed by atoms with Crippen molar-refractivity contribution in [3.05, 3.63) is 24.0 Å². The van der Waals surface area contributed by atoms with Gasteiger partial charge in [-0.05, 0) is 32.1 Å². The van der Waals surface area contributed by atoms with Gasteiger partial charge in [-0.25, -0.2) is 4.98 Å². The molecule has 1 unspecified atom stereocenters. The first-order chi connectivity index (χ1) is 8.41. The third kappa shape index (κ3) is 4.00. The van der Waals surface area contributed by atoms with E-state index in [2.05, 4.69) is 24.1 Å². The van der Waals surface area contributed by atoms with Crippen LogP contribution in [0, 0.1) is 5.92 Å². The third-order valence-corrected chi connectivity index (χ3v) is 2.74. The molecule has 3 N–H and O–H groups in total. The zero-order valence-corrected chi connectivity index (χ0v) is 11.5. The zero-order valence-electron chi connectivity index (χ0n) is 11.5. The molecule has 0 radical (unpaired) electrons. The van der Waals surface area contributed by atoms with Gasteiger partial charge in [-0.2, -0.15) is 0 Å². The van der Waals surface area contributed by atoms with Gasteiger partial charge in [-0.1, -0.05) is 13.8 Å². The fourth-order valence-electron chi connectivity index (χ4n) is 1.66. The Labute approximate surface area is 108 Å². The minimum atomic E-state index is -0.214. The summed E-state index contributed by atoms with van der Waals surface area (Å²) in [5.74, 6) is 0.134. The molecule has 0 aliphatic heterocycles. The van der Waals surface area contributed by atoms with Gasteiger partial charge < -0.3 is 16.0 Å². The molecule has 0 aliphatic rings. The number of nitrogens with one attached hydrogen (secondary N) is 1. The van der Waals surface area contributed by atoms with Crippen LogP contribution in [-0.4, -0.2) is 42.5 Å². The van der Waals surface area contributed by atoms with E-state index in [0.29, 0.717) is 17.3 Å². The largest absolute Gasteiger partial charge is 0.397 e. The number of nitrogens with two attached hydrogens (primary N) is 1. The molecule has 0 bridgehead atoms. The molecule has 1 rings (SSSR count). The van der Waals surface area contributed by atoms with Crippen molar-refractivity contribution in [3.63, 3.8) is 0 Å². The van der Waals surface area contributed by atoms with Gasteiger partial charge in [0, 0.05) is 18.8 Å². The highest BCUT2D eigenvalue weighted by Gasteiger charge is 2.19. The van der Waals surface area contributed by atoms with Crippen molar-refractivity contribution in [2.45, 2.75) is 19.9 Å². The summed E-state index contributed by atoms with van der Waals surface area (Å²) in [6.45, 7) is 4.95. The second-order valence-corrected chi connectivity index (χ2v) is 5.03. The van der Waals surface area contributed by atoms with Crippen molar-refractivity contribution in [1.82, 2.24) is 15.2 Å². The molecule has 5 heteroatoms. The van der Waals surface area contributed by atoms with Crippen LogP contribution in [0.1, 0.15) is 24.3 Å². The summed E-state index contributed by atoms with van der Waals surface area (Å²) < 4.78 is 0. The zero-order chi connectivity index (χ0) is 13.7. The Morgan fingerprint density at radius 2 is 2.17 bits per heavy atom. The standard InChI is InChI=1S/C13H22N4O/c1-9(2)11(8-17(3)4)16-13(18)12-10(14)6-5-7-15-12/h5-7,9,11H,8,14H2,1-4H3,(H,16,18). The summed E-state index contributed by atoms with van der Waals surface area (Å²) in [4.78, 5) is 18.2. The number of carbonyl (C=O) groups excluding carboxylic acids is 1. The molecule has 0 aromatic carbocycles. The van der Waals surface area contributed by atoms with Crippen molar-refractivity contribution in [2.24, 2.45) is 5.92 Å². The predicted octanol–water partition coefficient (Wildman–Crippen LogP) is 0.980. The van der Waals surface area contributed by atoms with Gasteiger partial charge in [-0.3, -0.25) is 4.79 Å². The monoisotopic (exact) mass is 250 g/mol. The van der Waals surface area contributed by atoms with Crippen LogP contribution >= 0.6 is 0 Å². The smallest absolute Gasteiger partial charge is 0.272 e. The quantitative estimate of drug-likeness (QED) is 0.817. The molecule has 1 atom stereocenters. The van der Waals surface area contributed by atoms with Crippen LogP contribution in [-0.2, 0) is 0 Å². The number of aromatic nitrogens is 1. The van der Waals surface area contributed by atoms with Gasteiger partial charge in [-0.15, -0.1) is 0 Å². The Hall–Kier alpha value is -1.62. The van der Waals surface area contributed by atoms with E-state index in [4.69, 9.17) is 5.73 Å². The maximum absolute atomic E-state index is 12.1. The molecule has 5 nitrogen and oxygen atoms in total. The highest BCUT2D eigenvalue weighted by Crippen LogP contribution is 2.09. The highest BCUT2D eigenvalue weighted by molar-refractivity contribution is 5.97. The molecule has 1 amide bonds. The Balaban J connectivity index is 2.76. The van der Waals surface area contributed by atoms with E-state index in [1.165, 1.54) is 0 Å². The molecule has 1 aromatic heterocycles. The van der Waals surface area contributed by atoms with E-state index < -0.39 is 0 Å². The minimum absolute atomic E-state index is 0.0777. The number of anilines is 1. The summed E-state index contributed by atoms with van der Waals surface area (Å²) in [5, 5.41) is 2.98. The van der Waals surface area contributed by atoms with Crippen LogP contribution in [0.5, 0.6) is 0 Å². The first kappa shape index (κ1) is 14.4. The number of hydrogen-bond acceptors (Lipinski definition) is 4. The summed E-state index contributed by atoms with van der Waals surface area (Å²) in [6.07, 6.45) is 1.57. The van der Waals surface area contributed by atoms with Gasteiger partial charge >= 0.3 is 0 Å². The topological polar surface area (TPSA) is 71.2 Å². The number of carbonyl (C=O) groups is 1. The van der Waals surface area contributed by atoms with Gasteiger partial charge in [0.2, 0.25) is 0 Å². The lowest BCUT2D eigenvalue weighted by Gasteiger charge is -2.25. The number of likely N-dealkylation sites (N-methyl/N-ethyl adjacent to an activating group) is 1. The van der Waals surface area contributed by atoms with Crippen molar-refractivity contribution in [1.29, 1.82) is 0 Å². The predicted molar refractivity (Wildman–Crippen MR) is 73.3 cm³/mol. The molecule has 0 saturated heterocycles. The van der Waals surface area contributed by atoms with Crippen LogP contribution in [0.2, 0.25) is 0 Å². The van der Waals surface area contributed by atoms with Gasteiger partial charge in [0.25, 0.3) is 5.91 Å². The number of nitrogen functional groups attached to an aromatic ring is 1. The Morgan fingerprint density at radius 3 is 2.67 bits per heavy atom. The molecule has 0 fully saturated rings. The number of rotatable bonds is 5. The molecule has 0 saturated carbocycles. The van der Waals surface area contributed by atoms with Gasteiger partial charge in [0.15, 0.2) is 5.69 Å². The first-order valence-corrected chi connectivity index (χ1v) is 6.08. The Morgan fingerprint density at radius 1 is 1.50 bits per heavy atom. The molecular formula is C13H22N4O. The molecule has 1 aromatic rings. The highest BCUT2D eigenvalue weighted by atomic mass is 16.2. The van der Waals surface area contributed by atoms with E-state index in [-0.39, 0.29) is 11.9 Å². The summed E-state index contributed by atoms with van der Waals surface area (Å²) in [7, 11) is 3.97. The lowest BCUT2D eigenvalue weighted by atomic mass is 10.0. The average molecular weight is 250 g/mol. The number of amides is 1. The number of hydrogen-bond donors (Lipinski definition) is 2. The molecule has 0 spiro atoms. The number of pyridine rings is 1. The van der Waals surface area contributed by atoms with Crippen molar-refractivity contribution >= 4 is 11.6 Å². The Bertz CT molecular complexity index is 404. The van der Waals surface area contributed by atoms with Gasteiger partial charge in [0.1, 0.15) is 0 Å². The number of nitrogens with zero attached hydrogens (tertiary/aromatic N) is 2. The maximum atomic E-state index is 12.1. The van der Waals surface area contributed by atoms with Crippen LogP contribution in [0.4, 0.5) is 5.69 Å². The second kappa shape index (κ2) is 6.35. The molecule has 18 heavy (non-hydrogen) atoms. The van der Waals surface area contributed by atoms with Crippen LogP contribution in [0.3, 0.4) is 0 Å². The average Bonchev–Trinajstić information content (AvgIpc) is 2.27.